The average Bonchev–Trinajstić information content (AvgIpc) is 2.83. The lowest BCUT2D eigenvalue weighted by Crippen LogP contribution is -2.31. The minimum Gasteiger partial charge on any atom is -0.391 e. The molecule has 0 radical (unpaired) electrons. The maximum Gasteiger partial charge on any atom is 0.267 e. The van der Waals surface area contributed by atoms with E-state index >= 15 is 0 Å². The third-order valence-electron chi connectivity index (χ3n) is 2.84. The summed E-state index contributed by atoms with van der Waals surface area (Å²) in [5.41, 5.74) is 0.560. The van der Waals surface area contributed by atoms with Gasteiger partial charge in [0.25, 0.3) is 5.91 Å². The summed E-state index contributed by atoms with van der Waals surface area (Å²) < 4.78 is 3.88. The molecule has 0 saturated carbocycles. The van der Waals surface area contributed by atoms with Crippen LogP contribution in [0.4, 0.5) is 0 Å². The summed E-state index contributed by atoms with van der Waals surface area (Å²) in [5.74, 6) is -0.0542. The van der Waals surface area contributed by atoms with E-state index in [1.807, 2.05) is 20.8 Å². The van der Waals surface area contributed by atoms with Crippen molar-refractivity contribution in [3.8, 4) is 0 Å². The SMILES string of the molecule is CC(C)(C)c1nnsc1C(=O)N1CCC(O)C1. The number of amides is 1. The molecule has 1 saturated heterocycles. The number of β-amino-alcohol motifs (C(OH)–C–C–N with tert-alkyl or cyclic N) is 1. The van der Waals surface area contributed by atoms with E-state index in [2.05, 4.69) is 9.59 Å². The molecule has 1 amide bonds. The van der Waals surface area contributed by atoms with Crippen LogP contribution in [0.2, 0.25) is 0 Å². The Morgan fingerprint density at radius 2 is 2.24 bits per heavy atom. The van der Waals surface area contributed by atoms with Gasteiger partial charge in [-0.2, -0.15) is 0 Å². The Kier molecular flexibility index (Phi) is 3.18. The van der Waals surface area contributed by atoms with Crippen LogP contribution < -0.4 is 0 Å². The number of hydrogen-bond donors (Lipinski definition) is 1. The van der Waals surface area contributed by atoms with Crippen LogP contribution in [0.1, 0.15) is 42.6 Å². The fraction of sp³-hybridized carbons (Fsp3) is 0.727. The van der Waals surface area contributed by atoms with Crippen LogP contribution in [0.5, 0.6) is 0 Å². The second kappa shape index (κ2) is 4.34. The fourth-order valence-corrected chi connectivity index (χ4v) is 2.74. The number of likely N-dealkylation sites (tertiary alicyclic amines) is 1. The lowest BCUT2D eigenvalue weighted by molar-refractivity contribution is 0.0767. The minimum absolute atomic E-state index is 0.0542. The summed E-state index contributed by atoms with van der Waals surface area (Å²) in [6.07, 6.45) is 0.265. The maximum absolute atomic E-state index is 12.3. The third kappa shape index (κ3) is 2.47. The van der Waals surface area contributed by atoms with Crippen molar-refractivity contribution in [3.05, 3.63) is 10.6 Å². The van der Waals surface area contributed by atoms with Crippen molar-refractivity contribution in [2.24, 2.45) is 0 Å². The summed E-state index contributed by atoms with van der Waals surface area (Å²) in [5, 5.41) is 13.5. The molecule has 1 fully saturated rings. The summed E-state index contributed by atoms with van der Waals surface area (Å²) in [6, 6.07) is 0. The first kappa shape index (κ1) is 12.4. The fourth-order valence-electron chi connectivity index (χ4n) is 1.89. The van der Waals surface area contributed by atoms with E-state index in [1.54, 1.807) is 4.90 Å². The minimum atomic E-state index is -0.391. The van der Waals surface area contributed by atoms with E-state index in [9.17, 15) is 9.90 Å². The van der Waals surface area contributed by atoms with Crippen LogP contribution in [0, 0.1) is 0 Å². The standard InChI is InChI=1S/C11H17N3O2S/c1-11(2,3)9-8(17-13-12-9)10(16)14-5-4-7(15)6-14/h7,15H,4-6H2,1-3H3. The molecule has 6 heteroatoms. The van der Waals surface area contributed by atoms with Crippen molar-refractivity contribution in [2.75, 3.05) is 13.1 Å². The molecule has 1 N–H and O–H groups in total. The normalized spacial score (nSPS) is 20.9. The van der Waals surface area contributed by atoms with Gasteiger partial charge in [0.1, 0.15) is 4.88 Å². The van der Waals surface area contributed by atoms with Gasteiger partial charge >= 0.3 is 0 Å². The lowest BCUT2D eigenvalue weighted by Gasteiger charge is -2.19. The third-order valence-corrected chi connectivity index (χ3v) is 3.56. The Morgan fingerprint density at radius 3 is 2.76 bits per heavy atom. The van der Waals surface area contributed by atoms with Crippen molar-refractivity contribution in [1.29, 1.82) is 0 Å². The number of rotatable bonds is 1. The van der Waals surface area contributed by atoms with Crippen LogP contribution in [0.3, 0.4) is 0 Å². The number of carbonyl (C=O) groups is 1. The van der Waals surface area contributed by atoms with E-state index in [-0.39, 0.29) is 11.3 Å². The summed E-state index contributed by atoms with van der Waals surface area (Å²) in [7, 11) is 0. The van der Waals surface area contributed by atoms with Gasteiger partial charge in [-0.25, -0.2) is 0 Å². The Morgan fingerprint density at radius 1 is 1.53 bits per heavy atom. The van der Waals surface area contributed by atoms with Gasteiger partial charge in [-0.15, -0.1) is 5.10 Å². The highest BCUT2D eigenvalue weighted by molar-refractivity contribution is 7.08. The molecule has 1 atom stereocenters. The van der Waals surface area contributed by atoms with E-state index in [0.717, 1.165) is 17.2 Å². The van der Waals surface area contributed by atoms with Gasteiger partial charge in [0.2, 0.25) is 0 Å². The molecule has 1 aromatic rings. The first-order valence-electron chi connectivity index (χ1n) is 5.70. The first-order valence-corrected chi connectivity index (χ1v) is 6.47. The molecule has 0 bridgehead atoms. The smallest absolute Gasteiger partial charge is 0.267 e. The number of hydrogen-bond acceptors (Lipinski definition) is 5. The van der Waals surface area contributed by atoms with Gasteiger partial charge in [0.15, 0.2) is 0 Å². The number of aliphatic hydroxyl groups excluding tert-OH is 1. The van der Waals surface area contributed by atoms with Gasteiger partial charge in [0.05, 0.1) is 11.8 Å². The monoisotopic (exact) mass is 255 g/mol. The van der Waals surface area contributed by atoms with Crippen molar-refractivity contribution in [3.63, 3.8) is 0 Å². The second-order valence-corrected chi connectivity index (χ2v) is 6.15. The number of nitrogens with zero attached hydrogens (tertiary/aromatic N) is 3. The molecule has 0 aliphatic carbocycles. The van der Waals surface area contributed by atoms with Gasteiger partial charge in [-0.1, -0.05) is 25.3 Å². The topological polar surface area (TPSA) is 66.3 Å². The highest BCUT2D eigenvalue weighted by Crippen LogP contribution is 2.27. The van der Waals surface area contributed by atoms with Crippen molar-refractivity contribution < 1.29 is 9.90 Å². The second-order valence-electron chi connectivity index (χ2n) is 5.39. The van der Waals surface area contributed by atoms with Crippen LogP contribution in [-0.4, -0.2) is 44.7 Å². The number of aromatic nitrogens is 2. The molecule has 1 aromatic heterocycles. The molecule has 1 aliphatic heterocycles. The molecular formula is C11H17N3O2S. The zero-order chi connectivity index (χ0) is 12.6. The zero-order valence-electron chi connectivity index (χ0n) is 10.3. The Hall–Kier alpha value is -1.01. The van der Waals surface area contributed by atoms with Gasteiger partial charge in [0, 0.05) is 18.5 Å². The van der Waals surface area contributed by atoms with E-state index < -0.39 is 6.10 Å². The summed E-state index contributed by atoms with van der Waals surface area (Å²) in [6.45, 7) is 7.07. The van der Waals surface area contributed by atoms with Gasteiger partial charge in [-0.3, -0.25) is 4.79 Å². The van der Waals surface area contributed by atoms with Crippen molar-refractivity contribution in [2.45, 2.75) is 38.7 Å². The molecule has 17 heavy (non-hydrogen) atoms. The van der Waals surface area contributed by atoms with Crippen LogP contribution in [0.25, 0.3) is 0 Å². The predicted molar refractivity (Wildman–Crippen MR) is 65.1 cm³/mol. The molecule has 0 spiro atoms. The van der Waals surface area contributed by atoms with Crippen molar-refractivity contribution >= 4 is 17.4 Å². The van der Waals surface area contributed by atoms with Crippen LogP contribution in [-0.2, 0) is 5.41 Å². The largest absolute Gasteiger partial charge is 0.391 e. The maximum atomic E-state index is 12.3. The molecule has 1 unspecified atom stereocenters. The van der Waals surface area contributed by atoms with Crippen LogP contribution >= 0.6 is 11.5 Å². The molecule has 94 valence electrons. The lowest BCUT2D eigenvalue weighted by atomic mass is 9.91. The molecule has 0 aromatic carbocycles. The molecule has 2 rings (SSSR count). The summed E-state index contributed by atoms with van der Waals surface area (Å²) >= 11 is 1.14. The van der Waals surface area contributed by atoms with E-state index in [4.69, 9.17) is 0 Å². The highest BCUT2D eigenvalue weighted by atomic mass is 32.1. The molecule has 5 nitrogen and oxygen atoms in total. The number of aliphatic hydroxyl groups is 1. The molecule has 2 heterocycles. The van der Waals surface area contributed by atoms with E-state index in [0.29, 0.717) is 24.4 Å². The predicted octanol–water partition coefficient (Wildman–Crippen LogP) is 1.04. The zero-order valence-corrected chi connectivity index (χ0v) is 11.1. The Balaban J connectivity index is 2.23. The van der Waals surface area contributed by atoms with E-state index in [1.165, 1.54) is 0 Å². The molecular weight excluding hydrogens is 238 g/mol. The molecule has 1 aliphatic rings. The average molecular weight is 255 g/mol. The first-order chi connectivity index (χ1) is 7.89. The van der Waals surface area contributed by atoms with Crippen molar-refractivity contribution in [1.82, 2.24) is 14.5 Å². The number of carbonyl (C=O) groups excluding carboxylic acids is 1. The summed E-state index contributed by atoms with van der Waals surface area (Å²) in [4.78, 5) is 14.5. The Bertz CT molecular complexity index is 425. The van der Waals surface area contributed by atoms with Crippen LogP contribution in [0.15, 0.2) is 0 Å². The quantitative estimate of drug-likeness (QED) is 0.814. The van der Waals surface area contributed by atoms with Gasteiger partial charge in [-0.05, 0) is 18.0 Å². The van der Waals surface area contributed by atoms with Gasteiger partial charge < -0.3 is 10.0 Å². The Labute approximate surface area is 105 Å². The highest BCUT2D eigenvalue weighted by Gasteiger charge is 2.32.